The first-order valence-corrected chi connectivity index (χ1v) is 9.00. The van der Waals surface area contributed by atoms with Crippen LogP contribution in [0.3, 0.4) is 0 Å². The van der Waals surface area contributed by atoms with Crippen molar-refractivity contribution >= 4 is 27.4 Å². The van der Waals surface area contributed by atoms with Gasteiger partial charge < -0.3 is 5.73 Å². The van der Waals surface area contributed by atoms with Crippen LogP contribution in [0.2, 0.25) is 0 Å². The average molecular weight is 303 g/mol. The van der Waals surface area contributed by atoms with E-state index >= 15 is 0 Å². The molecule has 0 aliphatic heterocycles. The number of rotatable bonds is 4. The van der Waals surface area contributed by atoms with Gasteiger partial charge in [0.2, 0.25) is 0 Å². The highest BCUT2D eigenvalue weighted by molar-refractivity contribution is 8.00. The summed E-state index contributed by atoms with van der Waals surface area (Å²) in [5.74, 6) is 1.74. The number of hydrogen-bond donors (Lipinski definition) is 1. The van der Waals surface area contributed by atoms with E-state index < -0.39 is 9.84 Å². The first-order valence-electron chi connectivity index (χ1n) is 5.96. The van der Waals surface area contributed by atoms with Crippen molar-refractivity contribution in [3.63, 3.8) is 0 Å². The molecule has 0 aliphatic rings. The van der Waals surface area contributed by atoms with E-state index in [9.17, 15) is 8.42 Å². The fourth-order valence-corrected chi connectivity index (χ4v) is 3.49. The van der Waals surface area contributed by atoms with Gasteiger partial charge in [0.05, 0.1) is 5.75 Å². The molecule has 0 fully saturated rings. The quantitative estimate of drug-likeness (QED) is 0.674. The molecule has 0 bridgehead atoms. The van der Waals surface area contributed by atoms with E-state index in [2.05, 4.69) is 9.97 Å². The van der Waals surface area contributed by atoms with E-state index in [0.29, 0.717) is 17.4 Å². The molecule has 1 aromatic rings. The standard InChI is InChI=1S/C12H21N3O2S2/c1-8-9(13)14-11(12(2,3)4)15-10(8)18-6-7-19(5,16)17/h6-7H2,1-5H3,(H2,13,14,15). The van der Waals surface area contributed by atoms with Crippen LogP contribution in [0, 0.1) is 6.92 Å². The van der Waals surface area contributed by atoms with Crippen molar-refractivity contribution in [2.75, 3.05) is 23.5 Å². The maximum atomic E-state index is 11.1. The molecule has 108 valence electrons. The molecule has 1 aromatic heterocycles. The van der Waals surface area contributed by atoms with Gasteiger partial charge in [0, 0.05) is 23.0 Å². The van der Waals surface area contributed by atoms with Gasteiger partial charge in [-0.05, 0) is 6.92 Å². The molecule has 1 rings (SSSR count). The summed E-state index contributed by atoms with van der Waals surface area (Å²) in [5, 5.41) is 0.765. The van der Waals surface area contributed by atoms with Gasteiger partial charge in [0.25, 0.3) is 0 Å². The van der Waals surface area contributed by atoms with Crippen LogP contribution in [0.1, 0.15) is 32.2 Å². The van der Waals surface area contributed by atoms with Gasteiger partial charge in [-0.25, -0.2) is 18.4 Å². The molecule has 0 saturated heterocycles. The van der Waals surface area contributed by atoms with Crippen molar-refractivity contribution in [1.29, 1.82) is 0 Å². The Kier molecular flexibility index (Phi) is 4.84. The number of sulfone groups is 1. The van der Waals surface area contributed by atoms with Crippen LogP contribution in [-0.4, -0.2) is 36.1 Å². The molecule has 0 saturated carbocycles. The van der Waals surface area contributed by atoms with Crippen LogP contribution in [0.4, 0.5) is 5.82 Å². The minimum Gasteiger partial charge on any atom is -0.383 e. The zero-order valence-electron chi connectivity index (χ0n) is 12.0. The van der Waals surface area contributed by atoms with Gasteiger partial charge in [0.1, 0.15) is 26.5 Å². The molecule has 7 heteroatoms. The second-order valence-electron chi connectivity index (χ2n) is 5.59. The highest BCUT2D eigenvalue weighted by Crippen LogP contribution is 2.27. The van der Waals surface area contributed by atoms with E-state index in [1.165, 1.54) is 18.0 Å². The molecule has 0 aromatic carbocycles. The average Bonchev–Trinajstić information content (AvgIpc) is 2.20. The second-order valence-corrected chi connectivity index (χ2v) is 8.93. The lowest BCUT2D eigenvalue weighted by atomic mass is 9.95. The number of nitrogens with zero attached hydrogens (tertiary/aromatic N) is 2. The SMILES string of the molecule is Cc1c(N)nc(C(C)(C)C)nc1SCCS(C)(=O)=O. The molecule has 0 atom stereocenters. The molecular formula is C12H21N3O2S2. The number of hydrogen-bond acceptors (Lipinski definition) is 6. The first kappa shape index (κ1) is 16.2. The van der Waals surface area contributed by atoms with Crippen LogP contribution in [-0.2, 0) is 15.3 Å². The molecule has 5 nitrogen and oxygen atoms in total. The Bertz CT molecular complexity index is 563. The maximum Gasteiger partial charge on any atom is 0.148 e. The number of thioether (sulfide) groups is 1. The van der Waals surface area contributed by atoms with Gasteiger partial charge >= 0.3 is 0 Å². The van der Waals surface area contributed by atoms with Crippen molar-refractivity contribution in [3.05, 3.63) is 11.4 Å². The molecule has 0 aliphatic carbocycles. The van der Waals surface area contributed by atoms with Crippen LogP contribution in [0.5, 0.6) is 0 Å². The van der Waals surface area contributed by atoms with Crippen molar-refractivity contribution in [3.8, 4) is 0 Å². The highest BCUT2D eigenvalue weighted by Gasteiger charge is 2.20. The van der Waals surface area contributed by atoms with Gasteiger partial charge in [-0.1, -0.05) is 20.8 Å². The normalized spacial score (nSPS) is 12.7. The summed E-state index contributed by atoms with van der Waals surface area (Å²) in [7, 11) is -2.95. The Hall–Kier alpha value is -0.820. The number of nitrogens with two attached hydrogens (primary N) is 1. The summed E-state index contributed by atoms with van der Waals surface area (Å²) in [6.07, 6.45) is 1.23. The minimum absolute atomic E-state index is 0.131. The predicted octanol–water partition coefficient (Wildman–Crippen LogP) is 1.80. The minimum atomic E-state index is -2.95. The summed E-state index contributed by atoms with van der Waals surface area (Å²) in [4.78, 5) is 8.80. The fraction of sp³-hybridized carbons (Fsp3) is 0.667. The summed E-state index contributed by atoms with van der Waals surface area (Å²) in [5.41, 5.74) is 6.52. The smallest absolute Gasteiger partial charge is 0.148 e. The van der Waals surface area contributed by atoms with E-state index in [4.69, 9.17) is 5.73 Å². The zero-order chi connectivity index (χ0) is 14.8. The monoisotopic (exact) mass is 303 g/mol. The lowest BCUT2D eigenvalue weighted by Gasteiger charge is -2.19. The van der Waals surface area contributed by atoms with Crippen molar-refractivity contribution < 1.29 is 8.42 Å². The summed E-state index contributed by atoms with van der Waals surface area (Å²) in [6, 6.07) is 0. The molecule has 0 amide bonds. The predicted molar refractivity (Wildman–Crippen MR) is 80.3 cm³/mol. The summed E-state index contributed by atoms with van der Waals surface area (Å²) < 4.78 is 22.3. The maximum absolute atomic E-state index is 11.1. The summed E-state index contributed by atoms with van der Waals surface area (Å²) >= 11 is 1.41. The van der Waals surface area contributed by atoms with Gasteiger partial charge in [0.15, 0.2) is 0 Å². The van der Waals surface area contributed by atoms with Crippen LogP contribution in [0.25, 0.3) is 0 Å². The Morgan fingerprint density at radius 2 is 1.84 bits per heavy atom. The Morgan fingerprint density at radius 3 is 2.32 bits per heavy atom. The largest absolute Gasteiger partial charge is 0.383 e. The number of anilines is 1. The summed E-state index contributed by atoms with van der Waals surface area (Å²) in [6.45, 7) is 7.90. The topological polar surface area (TPSA) is 85.9 Å². The number of aromatic nitrogens is 2. The van der Waals surface area contributed by atoms with Crippen molar-refractivity contribution in [2.45, 2.75) is 38.1 Å². The Balaban J connectivity index is 2.97. The Morgan fingerprint density at radius 1 is 1.26 bits per heavy atom. The molecule has 0 radical (unpaired) electrons. The molecule has 2 N–H and O–H groups in total. The first-order chi connectivity index (χ1) is 8.50. The molecule has 1 heterocycles. The lowest BCUT2D eigenvalue weighted by molar-refractivity contribution is 0.538. The van der Waals surface area contributed by atoms with Crippen LogP contribution >= 0.6 is 11.8 Å². The third kappa shape index (κ3) is 4.99. The molecule has 0 spiro atoms. The van der Waals surface area contributed by atoms with Crippen LogP contribution in [0.15, 0.2) is 5.03 Å². The molecule has 0 unspecified atom stereocenters. The van der Waals surface area contributed by atoms with Gasteiger partial charge in [-0.3, -0.25) is 0 Å². The lowest BCUT2D eigenvalue weighted by Crippen LogP contribution is -2.18. The van der Waals surface area contributed by atoms with E-state index in [1.54, 1.807) is 0 Å². The third-order valence-electron chi connectivity index (χ3n) is 2.50. The van der Waals surface area contributed by atoms with Crippen LogP contribution < -0.4 is 5.73 Å². The van der Waals surface area contributed by atoms with E-state index in [0.717, 1.165) is 10.6 Å². The second kappa shape index (κ2) is 5.66. The highest BCUT2D eigenvalue weighted by atomic mass is 32.2. The Labute approximate surface area is 119 Å². The van der Waals surface area contributed by atoms with Gasteiger partial charge in [-0.2, -0.15) is 0 Å². The van der Waals surface area contributed by atoms with Crippen molar-refractivity contribution in [2.24, 2.45) is 0 Å². The third-order valence-corrected chi connectivity index (χ3v) is 4.79. The molecular weight excluding hydrogens is 282 g/mol. The molecule has 19 heavy (non-hydrogen) atoms. The fourth-order valence-electron chi connectivity index (χ4n) is 1.28. The van der Waals surface area contributed by atoms with Gasteiger partial charge in [-0.15, -0.1) is 11.8 Å². The van der Waals surface area contributed by atoms with Crippen molar-refractivity contribution in [1.82, 2.24) is 9.97 Å². The number of nitrogen functional groups attached to an aromatic ring is 1. The van der Waals surface area contributed by atoms with E-state index in [-0.39, 0.29) is 11.2 Å². The zero-order valence-corrected chi connectivity index (χ0v) is 13.7. The van der Waals surface area contributed by atoms with E-state index in [1.807, 2.05) is 27.7 Å².